The van der Waals surface area contributed by atoms with Crippen molar-refractivity contribution in [1.82, 2.24) is 5.43 Å². The zero-order chi connectivity index (χ0) is 12.2. The monoisotopic (exact) mass is 222 g/mol. The number of rotatable bonds is 5. The van der Waals surface area contributed by atoms with Gasteiger partial charge in [-0.2, -0.15) is 0 Å². The minimum atomic E-state index is -0.289. The highest BCUT2D eigenvalue weighted by atomic mass is 16.5. The van der Waals surface area contributed by atoms with E-state index in [1.165, 1.54) is 5.56 Å². The maximum atomic E-state index is 5.66. The highest BCUT2D eigenvalue weighted by Crippen LogP contribution is 2.31. The Labute approximate surface area is 98.0 Å². The first kappa shape index (κ1) is 13.2. The van der Waals surface area contributed by atoms with Crippen LogP contribution < -0.4 is 11.3 Å². The van der Waals surface area contributed by atoms with E-state index < -0.39 is 0 Å². The molecule has 0 aromatic heterocycles. The number of hydrogen-bond donors (Lipinski definition) is 2. The molecule has 0 aliphatic rings. The molecular formula is C13H22N2O. The topological polar surface area (TPSA) is 47.3 Å². The molecule has 3 heteroatoms. The fourth-order valence-corrected chi connectivity index (χ4v) is 1.94. The van der Waals surface area contributed by atoms with Gasteiger partial charge in [-0.3, -0.25) is 11.3 Å². The number of aryl methyl sites for hydroxylation is 1. The van der Waals surface area contributed by atoms with Crippen LogP contribution in [-0.2, 0) is 4.74 Å². The van der Waals surface area contributed by atoms with Crippen LogP contribution in [0.5, 0.6) is 0 Å². The number of hydrazine groups is 1. The van der Waals surface area contributed by atoms with Gasteiger partial charge in [0.05, 0.1) is 11.6 Å². The Morgan fingerprint density at radius 2 is 2.19 bits per heavy atom. The molecule has 16 heavy (non-hydrogen) atoms. The second kappa shape index (κ2) is 5.43. The Kier molecular flexibility index (Phi) is 4.47. The van der Waals surface area contributed by atoms with E-state index >= 15 is 0 Å². The van der Waals surface area contributed by atoms with E-state index in [4.69, 9.17) is 10.6 Å². The molecule has 0 aliphatic carbocycles. The molecule has 0 radical (unpaired) electrons. The molecule has 3 N–H and O–H groups in total. The van der Waals surface area contributed by atoms with E-state index in [-0.39, 0.29) is 11.6 Å². The fraction of sp³-hybridized carbons (Fsp3) is 0.538. The van der Waals surface area contributed by atoms with Crippen molar-refractivity contribution in [2.75, 3.05) is 7.11 Å². The zero-order valence-electron chi connectivity index (χ0n) is 10.6. The number of nitrogens with one attached hydrogen (secondary N) is 1. The van der Waals surface area contributed by atoms with Crippen LogP contribution in [0.2, 0.25) is 0 Å². The van der Waals surface area contributed by atoms with Crippen molar-refractivity contribution < 1.29 is 4.74 Å². The van der Waals surface area contributed by atoms with E-state index in [2.05, 4.69) is 44.4 Å². The Morgan fingerprint density at radius 3 is 2.62 bits per heavy atom. The Morgan fingerprint density at radius 1 is 1.50 bits per heavy atom. The summed E-state index contributed by atoms with van der Waals surface area (Å²) < 4.78 is 5.59. The van der Waals surface area contributed by atoms with Crippen LogP contribution in [0.4, 0.5) is 0 Å². The number of hydrogen-bond acceptors (Lipinski definition) is 3. The molecule has 3 nitrogen and oxygen atoms in total. The first-order valence-corrected chi connectivity index (χ1v) is 5.65. The third-order valence-corrected chi connectivity index (χ3v) is 3.32. The molecule has 2 unspecified atom stereocenters. The van der Waals surface area contributed by atoms with Crippen LogP contribution in [0.3, 0.4) is 0 Å². The van der Waals surface area contributed by atoms with Crippen molar-refractivity contribution in [1.29, 1.82) is 0 Å². The number of benzene rings is 1. The summed E-state index contributed by atoms with van der Waals surface area (Å²) in [5.41, 5.74) is 4.96. The summed E-state index contributed by atoms with van der Waals surface area (Å²) in [6.07, 6.45) is 0.895. The quantitative estimate of drug-likeness (QED) is 0.593. The molecule has 0 aliphatic heterocycles. The van der Waals surface area contributed by atoms with Crippen LogP contribution in [0, 0.1) is 6.92 Å². The van der Waals surface area contributed by atoms with Crippen molar-refractivity contribution in [3.63, 3.8) is 0 Å². The summed E-state index contributed by atoms with van der Waals surface area (Å²) in [6.45, 7) is 6.25. The maximum absolute atomic E-state index is 5.66. The van der Waals surface area contributed by atoms with Crippen LogP contribution in [-0.4, -0.2) is 12.7 Å². The molecular weight excluding hydrogens is 200 g/mol. The van der Waals surface area contributed by atoms with Crippen molar-refractivity contribution >= 4 is 0 Å². The van der Waals surface area contributed by atoms with Crippen molar-refractivity contribution in [2.24, 2.45) is 5.84 Å². The highest BCUT2D eigenvalue weighted by Gasteiger charge is 2.33. The molecule has 0 saturated carbocycles. The van der Waals surface area contributed by atoms with Gasteiger partial charge in [0.25, 0.3) is 0 Å². The molecule has 0 amide bonds. The average molecular weight is 222 g/mol. The molecule has 0 heterocycles. The van der Waals surface area contributed by atoms with Gasteiger partial charge in [0.2, 0.25) is 0 Å². The van der Waals surface area contributed by atoms with Crippen molar-refractivity contribution in [3.05, 3.63) is 35.4 Å². The second-order valence-corrected chi connectivity index (χ2v) is 4.38. The third kappa shape index (κ3) is 2.61. The second-order valence-electron chi connectivity index (χ2n) is 4.38. The summed E-state index contributed by atoms with van der Waals surface area (Å²) in [4.78, 5) is 0. The van der Waals surface area contributed by atoms with E-state index in [1.54, 1.807) is 7.11 Å². The van der Waals surface area contributed by atoms with Gasteiger partial charge < -0.3 is 4.74 Å². The first-order chi connectivity index (χ1) is 7.57. The van der Waals surface area contributed by atoms with E-state index in [0.29, 0.717) is 0 Å². The van der Waals surface area contributed by atoms with Crippen molar-refractivity contribution in [2.45, 2.75) is 38.8 Å². The summed E-state index contributed by atoms with van der Waals surface area (Å²) in [6, 6.07) is 8.33. The van der Waals surface area contributed by atoms with Crippen LogP contribution in [0.25, 0.3) is 0 Å². The molecule has 90 valence electrons. The summed E-state index contributed by atoms with van der Waals surface area (Å²) >= 11 is 0. The summed E-state index contributed by atoms with van der Waals surface area (Å²) in [5, 5.41) is 0. The van der Waals surface area contributed by atoms with Crippen LogP contribution in [0.15, 0.2) is 24.3 Å². The highest BCUT2D eigenvalue weighted by molar-refractivity contribution is 5.27. The van der Waals surface area contributed by atoms with Gasteiger partial charge in [-0.1, -0.05) is 36.8 Å². The predicted molar refractivity (Wildman–Crippen MR) is 66.9 cm³/mol. The van der Waals surface area contributed by atoms with E-state index in [0.717, 1.165) is 12.0 Å². The lowest BCUT2D eigenvalue weighted by Gasteiger charge is -2.35. The number of ether oxygens (including phenoxy) is 1. The van der Waals surface area contributed by atoms with Gasteiger partial charge in [0.15, 0.2) is 0 Å². The molecule has 1 aromatic rings. The lowest BCUT2D eigenvalue weighted by molar-refractivity contribution is -0.0300. The maximum Gasteiger partial charge on any atom is 0.0854 e. The lowest BCUT2D eigenvalue weighted by atomic mass is 9.87. The summed E-state index contributed by atoms with van der Waals surface area (Å²) in [5.74, 6) is 5.66. The van der Waals surface area contributed by atoms with Crippen molar-refractivity contribution in [3.8, 4) is 0 Å². The minimum absolute atomic E-state index is 0.00222. The molecule has 2 atom stereocenters. The Balaban J connectivity index is 3.06. The van der Waals surface area contributed by atoms with Gasteiger partial charge in [-0.15, -0.1) is 0 Å². The third-order valence-electron chi connectivity index (χ3n) is 3.32. The number of nitrogens with two attached hydrogens (primary N) is 1. The SMILES string of the molecule is CCC(C)(OC)C(NN)c1cccc(C)c1. The smallest absolute Gasteiger partial charge is 0.0854 e. The Bertz CT molecular complexity index is 334. The van der Waals surface area contributed by atoms with E-state index in [9.17, 15) is 0 Å². The van der Waals surface area contributed by atoms with Crippen LogP contribution in [0.1, 0.15) is 37.4 Å². The normalized spacial score (nSPS) is 16.8. The molecule has 0 bridgehead atoms. The Hall–Kier alpha value is -0.900. The molecule has 1 rings (SSSR count). The standard InChI is InChI=1S/C13H22N2O/c1-5-13(3,16-4)12(15-14)11-8-6-7-10(2)9-11/h6-9,12,15H,5,14H2,1-4H3. The van der Waals surface area contributed by atoms with Gasteiger partial charge in [0, 0.05) is 7.11 Å². The van der Waals surface area contributed by atoms with Gasteiger partial charge in [0.1, 0.15) is 0 Å². The van der Waals surface area contributed by atoms with Gasteiger partial charge in [-0.25, -0.2) is 0 Å². The largest absolute Gasteiger partial charge is 0.376 e. The number of methoxy groups -OCH3 is 1. The molecule has 1 aromatic carbocycles. The molecule has 0 spiro atoms. The van der Waals surface area contributed by atoms with E-state index in [1.807, 2.05) is 6.07 Å². The van der Waals surface area contributed by atoms with Crippen LogP contribution >= 0.6 is 0 Å². The molecule has 0 saturated heterocycles. The van der Waals surface area contributed by atoms with Gasteiger partial charge >= 0.3 is 0 Å². The minimum Gasteiger partial charge on any atom is -0.376 e. The van der Waals surface area contributed by atoms with Gasteiger partial charge in [-0.05, 0) is 25.8 Å². The first-order valence-electron chi connectivity index (χ1n) is 5.65. The molecule has 0 fully saturated rings. The fourth-order valence-electron chi connectivity index (χ4n) is 1.94. The zero-order valence-corrected chi connectivity index (χ0v) is 10.6. The predicted octanol–water partition coefficient (Wildman–Crippen LogP) is 2.31. The summed E-state index contributed by atoms with van der Waals surface area (Å²) in [7, 11) is 1.73. The lowest BCUT2D eigenvalue weighted by Crippen LogP contribution is -2.45. The average Bonchev–Trinajstić information content (AvgIpc) is 2.30.